The summed E-state index contributed by atoms with van der Waals surface area (Å²) < 4.78 is 5.38. The maximum absolute atomic E-state index is 5.91. The van der Waals surface area contributed by atoms with Crippen LogP contribution in [0.25, 0.3) is 10.9 Å². The molecule has 0 saturated carbocycles. The molecule has 15 heavy (non-hydrogen) atoms. The number of aromatic nitrogens is 1. The quantitative estimate of drug-likeness (QED) is 0.742. The number of ether oxygens (including phenoxy) is 1. The molecule has 2 N–H and O–H groups in total. The molecule has 0 bridgehead atoms. The second-order valence-corrected chi connectivity index (χ2v) is 4.04. The normalized spacial score (nSPS) is 14.5. The van der Waals surface area contributed by atoms with Gasteiger partial charge in [-0.25, -0.2) is 4.98 Å². The Kier molecular flexibility index (Phi) is 1.84. The predicted molar refractivity (Wildman–Crippen MR) is 59.7 cm³/mol. The van der Waals surface area contributed by atoms with E-state index in [-0.39, 0.29) is 0 Å². The van der Waals surface area contributed by atoms with Crippen LogP contribution in [-0.2, 0) is 18.0 Å². The maximum Gasteiger partial charge on any atom is 0.130 e. The summed E-state index contributed by atoms with van der Waals surface area (Å²) in [5, 5.41) is 1.76. The summed E-state index contributed by atoms with van der Waals surface area (Å²) in [6.45, 7) is 1.17. The first-order chi connectivity index (χ1) is 7.25. The summed E-state index contributed by atoms with van der Waals surface area (Å²) in [6.07, 6.45) is 0. The first-order valence-electron chi connectivity index (χ1n) is 4.70. The van der Waals surface area contributed by atoms with Gasteiger partial charge in [-0.05, 0) is 17.7 Å². The molecule has 0 spiro atoms. The largest absolute Gasteiger partial charge is 0.383 e. The van der Waals surface area contributed by atoms with Gasteiger partial charge in [-0.15, -0.1) is 0 Å². The van der Waals surface area contributed by atoms with Gasteiger partial charge < -0.3 is 10.5 Å². The Balaban J connectivity index is 2.43. The third kappa shape index (κ3) is 1.28. The van der Waals surface area contributed by atoms with E-state index in [4.69, 9.17) is 22.1 Å². The molecule has 3 nitrogen and oxygen atoms in total. The minimum Gasteiger partial charge on any atom is -0.383 e. The van der Waals surface area contributed by atoms with Crippen molar-refractivity contribution >= 4 is 28.3 Å². The molecule has 0 radical (unpaired) electrons. The summed E-state index contributed by atoms with van der Waals surface area (Å²) in [7, 11) is 0. The van der Waals surface area contributed by atoms with Gasteiger partial charge in [0.25, 0.3) is 0 Å². The Hall–Kier alpha value is -1.32. The van der Waals surface area contributed by atoms with Crippen molar-refractivity contribution in [3.05, 3.63) is 34.3 Å². The van der Waals surface area contributed by atoms with Gasteiger partial charge in [-0.1, -0.05) is 17.7 Å². The number of fused-ring (bicyclic) bond motifs is 3. The molecule has 0 saturated heterocycles. The standard InChI is InChI=1S/C11H9ClN2O/c12-6-1-2-7-8-4-15-5-9(8)11(13)14-10(7)3-6/h1-3H,4-5H2,(H2,13,14). The smallest absolute Gasteiger partial charge is 0.130 e. The van der Waals surface area contributed by atoms with E-state index >= 15 is 0 Å². The van der Waals surface area contributed by atoms with Crippen LogP contribution in [0.5, 0.6) is 0 Å². The maximum atomic E-state index is 5.91. The van der Waals surface area contributed by atoms with E-state index < -0.39 is 0 Å². The Morgan fingerprint density at radius 2 is 2.07 bits per heavy atom. The van der Waals surface area contributed by atoms with Crippen molar-refractivity contribution < 1.29 is 4.74 Å². The van der Waals surface area contributed by atoms with E-state index in [1.807, 2.05) is 18.2 Å². The summed E-state index contributed by atoms with van der Waals surface area (Å²) in [4.78, 5) is 4.32. The molecular weight excluding hydrogens is 212 g/mol. The number of rotatable bonds is 0. The first-order valence-corrected chi connectivity index (χ1v) is 5.08. The lowest BCUT2D eigenvalue weighted by molar-refractivity contribution is 0.135. The molecule has 0 fully saturated rings. The van der Waals surface area contributed by atoms with Crippen molar-refractivity contribution in [3.8, 4) is 0 Å². The minimum atomic E-state index is 0.553. The van der Waals surface area contributed by atoms with Gasteiger partial charge in [-0.3, -0.25) is 0 Å². The van der Waals surface area contributed by atoms with Crippen molar-refractivity contribution in [1.82, 2.24) is 4.98 Å². The van der Waals surface area contributed by atoms with Gasteiger partial charge in [0.15, 0.2) is 0 Å². The lowest BCUT2D eigenvalue weighted by atomic mass is 10.1. The highest BCUT2D eigenvalue weighted by molar-refractivity contribution is 6.31. The minimum absolute atomic E-state index is 0.553. The molecule has 0 unspecified atom stereocenters. The Labute approximate surface area is 91.8 Å². The molecule has 1 aromatic carbocycles. The molecule has 0 amide bonds. The van der Waals surface area contributed by atoms with Crippen molar-refractivity contribution in [2.75, 3.05) is 5.73 Å². The summed E-state index contributed by atoms with van der Waals surface area (Å²) in [5.41, 5.74) is 8.86. The van der Waals surface area contributed by atoms with Crippen molar-refractivity contribution in [1.29, 1.82) is 0 Å². The summed E-state index contributed by atoms with van der Waals surface area (Å²) in [6, 6.07) is 5.66. The SMILES string of the molecule is Nc1nc2cc(Cl)ccc2c2c1COC2. The average molecular weight is 221 g/mol. The van der Waals surface area contributed by atoms with Crippen LogP contribution in [0.15, 0.2) is 18.2 Å². The number of nitrogen functional groups attached to an aromatic ring is 1. The lowest BCUT2D eigenvalue weighted by Gasteiger charge is -2.06. The van der Waals surface area contributed by atoms with E-state index in [1.54, 1.807) is 0 Å². The summed E-state index contributed by atoms with van der Waals surface area (Å²) in [5.74, 6) is 0.553. The van der Waals surface area contributed by atoms with Gasteiger partial charge in [0, 0.05) is 16.0 Å². The van der Waals surface area contributed by atoms with Crippen LogP contribution in [0.2, 0.25) is 5.02 Å². The van der Waals surface area contributed by atoms with Crippen LogP contribution in [-0.4, -0.2) is 4.98 Å². The average Bonchev–Trinajstić information content (AvgIpc) is 2.66. The van der Waals surface area contributed by atoms with E-state index in [0.29, 0.717) is 24.1 Å². The fourth-order valence-corrected chi connectivity index (χ4v) is 2.11. The van der Waals surface area contributed by atoms with Gasteiger partial charge in [0.05, 0.1) is 18.7 Å². The molecule has 2 aromatic rings. The molecule has 0 aliphatic carbocycles. The number of benzene rings is 1. The van der Waals surface area contributed by atoms with Crippen molar-refractivity contribution in [2.24, 2.45) is 0 Å². The molecule has 2 heterocycles. The topological polar surface area (TPSA) is 48.1 Å². The summed E-state index contributed by atoms with van der Waals surface area (Å²) >= 11 is 5.91. The highest BCUT2D eigenvalue weighted by Gasteiger charge is 2.18. The molecule has 1 aliphatic rings. The van der Waals surface area contributed by atoms with Gasteiger partial charge >= 0.3 is 0 Å². The van der Waals surface area contributed by atoms with E-state index in [0.717, 1.165) is 22.0 Å². The Morgan fingerprint density at radius 3 is 2.93 bits per heavy atom. The molecule has 1 aliphatic heterocycles. The molecular formula is C11H9ClN2O. The zero-order valence-corrected chi connectivity index (χ0v) is 8.71. The first kappa shape index (κ1) is 8.95. The molecule has 4 heteroatoms. The molecule has 0 atom stereocenters. The zero-order chi connectivity index (χ0) is 10.4. The van der Waals surface area contributed by atoms with Crippen molar-refractivity contribution in [3.63, 3.8) is 0 Å². The molecule has 1 aromatic heterocycles. The number of hydrogen-bond donors (Lipinski definition) is 1. The number of halogens is 1. The third-order valence-corrected chi connectivity index (χ3v) is 2.93. The monoisotopic (exact) mass is 220 g/mol. The Morgan fingerprint density at radius 1 is 1.27 bits per heavy atom. The van der Waals surface area contributed by atoms with Crippen LogP contribution in [0.3, 0.4) is 0 Å². The second-order valence-electron chi connectivity index (χ2n) is 3.61. The van der Waals surface area contributed by atoms with Crippen LogP contribution in [0.1, 0.15) is 11.1 Å². The van der Waals surface area contributed by atoms with Gasteiger partial charge in [0.2, 0.25) is 0 Å². The fraction of sp³-hybridized carbons (Fsp3) is 0.182. The van der Waals surface area contributed by atoms with E-state index in [9.17, 15) is 0 Å². The fourth-order valence-electron chi connectivity index (χ4n) is 1.95. The van der Waals surface area contributed by atoms with E-state index in [2.05, 4.69) is 4.98 Å². The Bertz CT molecular complexity index is 554. The second kappa shape index (κ2) is 3.08. The third-order valence-electron chi connectivity index (χ3n) is 2.69. The van der Waals surface area contributed by atoms with Crippen LogP contribution >= 0.6 is 11.6 Å². The lowest BCUT2D eigenvalue weighted by Crippen LogP contribution is -1.98. The van der Waals surface area contributed by atoms with E-state index in [1.165, 1.54) is 0 Å². The number of hydrogen-bond acceptors (Lipinski definition) is 3. The number of nitrogens with two attached hydrogens (primary N) is 1. The molecule has 3 rings (SSSR count). The van der Waals surface area contributed by atoms with Crippen LogP contribution in [0, 0.1) is 0 Å². The van der Waals surface area contributed by atoms with Gasteiger partial charge in [0.1, 0.15) is 5.82 Å². The van der Waals surface area contributed by atoms with Gasteiger partial charge in [-0.2, -0.15) is 0 Å². The highest BCUT2D eigenvalue weighted by Crippen LogP contribution is 2.31. The van der Waals surface area contributed by atoms with Crippen LogP contribution < -0.4 is 5.73 Å². The highest BCUT2D eigenvalue weighted by atomic mass is 35.5. The number of nitrogens with zero attached hydrogens (tertiary/aromatic N) is 1. The number of anilines is 1. The van der Waals surface area contributed by atoms with Crippen LogP contribution in [0.4, 0.5) is 5.82 Å². The van der Waals surface area contributed by atoms with Crippen molar-refractivity contribution in [2.45, 2.75) is 13.2 Å². The predicted octanol–water partition coefficient (Wildman–Crippen LogP) is 2.50. The number of pyridine rings is 1. The molecule has 76 valence electrons. The zero-order valence-electron chi connectivity index (χ0n) is 7.96.